The molecule has 2 N–H and O–H groups in total. The largest absolute Gasteiger partial charge is 0.340 e. The number of imidazole rings is 1. The summed E-state index contributed by atoms with van der Waals surface area (Å²) in [6.45, 7) is 1.01. The van der Waals surface area contributed by atoms with Gasteiger partial charge in [0.1, 0.15) is 5.82 Å². The number of fused-ring (bicyclic) bond motifs is 2. The van der Waals surface area contributed by atoms with Crippen molar-refractivity contribution in [3.63, 3.8) is 0 Å². The van der Waals surface area contributed by atoms with Gasteiger partial charge in [0.05, 0.1) is 17.1 Å². The minimum absolute atomic E-state index is 0.196. The zero-order valence-corrected chi connectivity index (χ0v) is 12.5. The number of hydrogen-bond acceptors (Lipinski definition) is 3. The van der Waals surface area contributed by atoms with E-state index in [4.69, 9.17) is 4.98 Å². The number of nitrogens with one attached hydrogen (secondary N) is 2. The molecule has 96 valence electrons. The Labute approximate surface area is 123 Å². The Balaban J connectivity index is 1.83. The van der Waals surface area contributed by atoms with Gasteiger partial charge in [-0.05, 0) is 41.6 Å². The summed E-state index contributed by atoms with van der Waals surface area (Å²) in [5.41, 5.74) is 3.46. The van der Waals surface area contributed by atoms with Gasteiger partial charge in [0.25, 0.3) is 0 Å². The molecule has 3 nitrogen and oxygen atoms in total. The van der Waals surface area contributed by atoms with Crippen molar-refractivity contribution < 1.29 is 0 Å². The minimum Gasteiger partial charge on any atom is -0.340 e. The Morgan fingerprint density at radius 2 is 2.26 bits per heavy atom. The fourth-order valence-corrected chi connectivity index (χ4v) is 3.92. The summed E-state index contributed by atoms with van der Waals surface area (Å²) >= 11 is 5.34. The normalized spacial score (nSPS) is 18.7. The second-order valence-corrected chi connectivity index (χ2v) is 6.64. The molecule has 1 aromatic carbocycles. The van der Waals surface area contributed by atoms with Crippen molar-refractivity contribution in [3.8, 4) is 0 Å². The first-order valence-corrected chi connectivity index (χ1v) is 7.93. The van der Waals surface area contributed by atoms with Crippen molar-refractivity contribution >= 4 is 38.3 Å². The second kappa shape index (κ2) is 4.44. The second-order valence-electron chi connectivity index (χ2n) is 4.72. The van der Waals surface area contributed by atoms with Gasteiger partial charge in [0.2, 0.25) is 0 Å². The van der Waals surface area contributed by atoms with E-state index in [9.17, 15) is 0 Å². The van der Waals surface area contributed by atoms with Gasteiger partial charge < -0.3 is 10.3 Å². The minimum atomic E-state index is 0.196. The molecule has 1 atom stereocenters. The Kier molecular flexibility index (Phi) is 2.72. The molecule has 3 aromatic rings. The Morgan fingerprint density at radius 3 is 3.21 bits per heavy atom. The zero-order valence-electron chi connectivity index (χ0n) is 10.1. The molecule has 0 bridgehead atoms. The molecule has 0 aliphatic carbocycles. The molecule has 4 rings (SSSR count). The van der Waals surface area contributed by atoms with Gasteiger partial charge in [-0.3, -0.25) is 0 Å². The van der Waals surface area contributed by atoms with E-state index < -0.39 is 0 Å². The predicted octanol–water partition coefficient (Wildman–Crippen LogP) is 3.62. The molecule has 1 aliphatic rings. The molecular weight excluding hydrogens is 322 g/mol. The molecule has 5 heteroatoms. The molecule has 0 amide bonds. The van der Waals surface area contributed by atoms with E-state index >= 15 is 0 Å². The summed E-state index contributed by atoms with van der Waals surface area (Å²) in [5, 5.41) is 5.73. The number of halogens is 1. The van der Waals surface area contributed by atoms with E-state index in [1.807, 2.05) is 23.5 Å². The van der Waals surface area contributed by atoms with E-state index in [2.05, 4.69) is 43.7 Å². The summed E-state index contributed by atoms with van der Waals surface area (Å²) in [6, 6.07) is 8.54. The summed E-state index contributed by atoms with van der Waals surface area (Å²) < 4.78 is 1.07. The zero-order chi connectivity index (χ0) is 12.8. The molecule has 19 heavy (non-hydrogen) atoms. The van der Waals surface area contributed by atoms with Crippen molar-refractivity contribution in [3.05, 3.63) is 50.4 Å². The number of H-pyrrole nitrogens is 1. The third-order valence-electron chi connectivity index (χ3n) is 3.53. The fourth-order valence-electron chi connectivity index (χ4n) is 2.63. The van der Waals surface area contributed by atoms with E-state index in [1.54, 1.807) is 0 Å². The lowest BCUT2D eigenvalue weighted by Gasteiger charge is -2.22. The van der Waals surface area contributed by atoms with Crippen molar-refractivity contribution in [2.24, 2.45) is 0 Å². The lowest BCUT2D eigenvalue weighted by molar-refractivity contribution is 0.555. The van der Waals surface area contributed by atoms with Crippen LogP contribution in [0.4, 0.5) is 0 Å². The van der Waals surface area contributed by atoms with Crippen LogP contribution in [0.1, 0.15) is 22.3 Å². The SMILES string of the molecule is Brc1ccc2nc(C3NCCc4sccc43)[nH]c2c1. The van der Waals surface area contributed by atoms with Gasteiger partial charge in [-0.2, -0.15) is 0 Å². The number of benzene rings is 1. The van der Waals surface area contributed by atoms with E-state index in [0.29, 0.717) is 0 Å². The molecule has 0 fully saturated rings. The van der Waals surface area contributed by atoms with Crippen LogP contribution in [0.15, 0.2) is 34.1 Å². The smallest absolute Gasteiger partial charge is 0.129 e. The monoisotopic (exact) mass is 333 g/mol. The molecule has 1 unspecified atom stereocenters. The van der Waals surface area contributed by atoms with E-state index in [1.165, 1.54) is 10.4 Å². The molecule has 0 radical (unpaired) electrons. The maximum Gasteiger partial charge on any atom is 0.129 e. The Hall–Kier alpha value is -1.17. The van der Waals surface area contributed by atoms with Gasteiger partial charge in [-0.15, -0.1) is 11.3 Å². The predicted molar refractivity (Wildman–Crippen MR) is 81.7 cm³/mol. The first-order chi connectivity index (χ1) is 9.31. The van der Waals surface area contributed by atoms with Crippen LogP contribution in [0, 0.1) is 0 Å². The third-order valence-corrected chi connectivity index (χ3v) is 5.02. The number of thiophene rings is 1. The number of aromatic nitrogens is 2. The molecule has 0 saturated heterocycles. The van der Waals surface area contributed by atoms with Crippen LogP contribution in [0.3, 0.4) is 0 Å². The van der Waals surface area contributed by atoms with E-state index in [-0.39, 0.29) is 6.04 Å². The Bertz CT molecular complexity index is 746. The first kappa shape index (κ1) is 11.6. The third kappa shape index (κ3) is 1.93. The highest BCUT2D eigenvalue weighted by molar-refractivity contribution is 9.10. The van der Waals surface area contributed by atoms with Crippen LogP contribution in [0.5, 0.6) is 0 Å². The number of rotatable bonds is 1. The highest BCUT2D eigenvalue weighted by Crippen LogP contribution is 2.31. The quantitative estimate of drug-likeness (QED) is 0.714. The van der Waals surface area contributed by atoms with Crippen LogP contribution in [0.25, 0.3) is 11.0 Å². The molecule has 2 aromatic heterocycles. The van der Waals surface area contributed by atoms with Crippen molar-refractivity contribution in [1.82, 2.24) is 15.3 Å². The van der Waals surface area contributed by atoms with Gasteiger partial charge in [0, 0.05) is 15.9 Å². The van der Waals surface area contributed by atoms with Crippen LogP contribution in [0.2, 0.25) is 0 Å². The maximum absolute atomic E-state index is 4.72. The van der Waals surface area contributed by atoms with Gasteiger partial charge in [-0.1, -0.05) is 15.9 Å². The van der Waals surface area contributed by atoms with Crippen molar-refractivity contribution in [2.75, 3.05) is 6.54 Å². The van der Waals surface area contributed by atoms with Crippen LogP contribution >= 0.6 is 27.3 Å². The van der Waals surface area contributed by atoms with Gasteiger partial charge >= 0.3 is 0 Å². The van der Waals surface area contributed by atoms with E-state index in [0.717, 1.165) is 34.3 Å². The lowest BCUT2D eigenvalue weighted by atomic mass is 10.0. The lowest BCUT2D eigenvalue weighted by Crippen LogP contribution is -2.30. The van der Waals surface area contributed by atoms with Crippen LogP contribution < -0.4 is 5.32 Å². The topological polar surface area (TPSA) is 40.7 Å². The van der Waals surface area contributed by atoms with Gasteiger partial charge in [0.15, 0.2) is 0 Å². The van der Waals surface area contributed by atoms with Gasteiger partial charge in [-0.25, -0.2) is 4.98 Å². The Morgan fingerprint density at radius 1 is 1.32 bits per heavy atom. The number of nitrogens with zero attached hydrogens (tertiary/aromatic N) is 1. The fraction of sp³-hybridized carbons (Fsp3) is 0.214. The summed E-state index contributed by atoms with van der Waals surface area (Å²) in [7, 11) is 0. The summed E-state index contributed by atoms with van der Waals surface area (Å²) in [6.07, 6.45) is 1.12. The average molecular weight is 334 g/mol. The first-order valence-electron chi connectivity index (χ1n) is 6.26. The maximum atomic E-state index is 4.72. The summed E-state index contributed by atoms with van der Waals surface area (Å²) in [5.74, 6) is 1.01. The average Bonchev–Trinajstić information content (AvgIpc) is 3.03. The standard InChI is InChI=1S/C14H12BrN3S/c15-8-1-2-10-11(7-8)18-14(17-10)13-9-4-6-19-12(9)3-5-16-13/h1-2,4,6-7,13,16H,3,5H2,(H,17,18). The molecular formula is C14H12BrN3S. The van der Waals surface area contributed by atoms with Crippen molar-refractivity contribution in [1.29, 1.82) is 0 Å². The number of aromatic amines is 1. The van der Waals surface area contributed by atoms with Crippen LogP contribution in [-0.4, -0.2) is 16.5 Å². The molecule has 0 spiro atoms. The van der Waals surface area contributed by atoms with Crippen LogP contribution in [-0.2, 0) is 6.42 Å². The highest BCUT2D eigenvalue weighted by Gasteiger charge is 2.24. The molecule has 3 heterocycles. The van der Waals surface area contributed by atoms with Crippen molar-refractivity contribution in [2.45, 2.75) is 12.5 Å². The molecule has 1 aliphatic heterocycles. The summed E-state index contributed by atoms with van der Waals surface area (Å²) in [4.78, 5) is 9.64. The number of hydrogen-bond donors (Lipinski definition) is 2. The highest BCUT2D eigenvalue weighted by atomic mass is 79.9. The molecule has 0 saturated carbocycles.